The van der Waals surface area contributed by atoms with Gasteiger partial charge in [-0.05, 0) is 31.4 Å². The van der Waals surface area contributed by atoms with E-state index in [4.69, 9.17) is 5.73 Å². The lowest BCUT2D eigenvalue weighted by molar-refractivity contribution is 0.0208. The Kier molecular flexibility index (Phi) is 1.86. The van der Waals surface area contributed by atoms with E-state index in [2.05, 4.69) is 4.98 Å². The molecule has 0 bridgehead atoms. The summed E-state index contributed by atoms with van der Waals surface area (Å²) in [7, 11) is 0. The number of aryl methyl sites for hydroxylation is 1. The largest absolute Gasteiger partial charge is 0.393 e. The highest BCUT2D eigenvalue weighted by atomic mass is 16.3. The SMILES string of the molecule is Cc1ccc(C2(N)CC(O)C2)cn1. The van der Waals surface area contributed by atoms with E-state index in [1.807, 2.05) is 19.1 Å². The first-order valence-electron chi connectivity index (χ1n) is 4.50. The maximum absolute atomic E-state index is 9.20. The van der Waals surface area contributed by atoms with Crippen molar-refractivity contribution in [2.24, 2.45) is 5.73 Å². The predicted molar refractivity (Wildman–Crippen MR) is 50.1 cm³/mol. The van der Waals surface area contributed by atoms with E-state index >= 15 is 0 Å². The quantitative estimate of drug-likeness (QED) is 0.665. The first-order chi connectivity index (χ1) is 6.10. The van der Waals surface area contributed by atoms with Gasteiger partial charge in [0.2, 0.25) is 0 Å². The van der Waals surface area contributed by atoms with Crippen LogP contribution < -0.4 is 5.73 Å². The van der Waals surface area contributed by atoms with Crippen molar-refractivity contribution in [1.82, 2.24) is 4.98 Å². The lowest BCUT2D eigenvalue weighted by Crippen LogP contribution is -2.51. The minimum absolute atomic E-state index is 0.230. The molecule has 1 aromatic heterocycles. The van der Waals surface area contributed by atoms with E-state index in [-0.39, 0.29) is 11.6 Å². The molecule has 0 saturated heterocycles. The van der Waals surface area contributed by atoms with Crippen molar-refractivity contribution < 1.29 is 5.11 Å². The highest BCUT2D eigenvalue weighted by molar-refractivity contribution is 5.25. The van der Waals surface area contributed by atoms with Crippen LogP contribution in [0.4, 0.5) is 0 Å². The van der Waals surface area contributed by atoms with Crippen LogP contribution in [0.1, 0.15) is 24.1 Å². The lowest BCUT2D eigenvalue weighted by Gasteiger charge is -2.42. The molecule has 3 nitrogen and oxygen atoms in total. The number of aliphatic hydroxyl groups excluding tert-OH is 1. The minimum Gasteiger partial charge on any atom is -0.393 e. The Balaban J connectivity index is 2.22. The maximum Gasteiger partial charge on any atom is 0.0582 e. The Morgan fingerprint density at radius 1 is 1.54 bits per heavy atom. The van der Waals surface area contributed by atoms with Crippen LogP contribution in [0, 0.1) is 6.92 Å². The fourth-order valence-electron chi connectivity index (χ4n) is 1.78. The molecule has 70 valence electrons. The Labute approximate surface area is 77.6 Å². The molecule has 0 spiro atoms. The molecular weight excluding hydrogens is 164 g/mol. The van der Waals surface area contributed by atoms with Crippen LogP contribution in [0.15, 0.2) is 18.3 Å². The molecule has 1 heterocycles. The number of hydrogen-bond acceptors (Lipinski definition) is 3. The average molecular weight is 178 g/mol. The van der Waals surface area contributed by atoms with Gasteiger partial charge in [0.05, 0.1) is 6.10 Å². The monoisotopic (exact) mass is 178 g/mol. The average Bonchev–Trinajstić information content (AvgIpc) is 2.03. The fourth-order valence-corrected chi connectivity index (χ4v) is 1.78. The number of rotatable bonds is 1. The highest BCUT2D eigenvalue weighted by Crippen LogP contribution is 2.38. The van der Waals surface area contributed by atoms with Crippen molar-refractivity contribution in [2.75, 3.05) is 0 Å². The molecule has 0 unspecified atom stereocenters. The standard InChI is InChI=1S/C10H14N2O/c1-7-2-3-8(6-12-7)10(11)4-9(13)5-10/h2-3,6,9,13H,4-5,11H2,1H3. The van der Waals surface area contributed by atoms with Gasteiger partial charge in [-0.25, -0.2) is 0 Å². The zero-order chi connectivity index (χ0) is 9.47. The van der Waals surface area contributed by atoms with Gasteiger partial charge < -0.3 is 10.8 Å². The van der Waals surface area contributed by atoms with E-state index in [1.165, 1.54) is 0 Å². The van der Waals surface area contributed by atoms with Gasteiger partial charge in [0.15, 0.2) is 0 Å². The second-order valence-corrected chi connectivity index (χ2v) is 3.91. The highest BCUT2D eigenvalue weighted by Gasteiger charge is 2.41. The summed E-state index contributed by atoms with van der Waals surface area (Å²) in [5, 5.41) is 9.20. The maximum atomic E-state index is 9.20. The van der Waals surface area contributed by atoms with Crippen molar-refractivity contribution in [3.05, 3.63) is 29.6 Å². The van der Waals surface area contributed by atoms with Crippen LogP contribution in [-0.2, 0) is 5.54 Å². The molecule has 1 aliphatic carbocycles. The molecule has 0 amide bonds. The van der Waals surface area contributed by atoms with Crippen molar-refractivity contribution in [1.29, 1.82) is 0 Å². The third-order valence-corrected chi connectivity index (χ3v) is 2.69. The topological polar surface area (TPSA) is 59.1 Å². The van der Waals surface area contributed by atoms with Crippen LogP contribution in [0.2, 0.25) is 0 Å². The first-order valence-corrected chi connectivity index (χ1v) is 4.50. The number of nitrogens with two attached hydrogens (primary N) is 1. The Morgan fingerprint density at radius 3 is 2.69 bits per heavy atom. The Hall–Kier alpha value is -0.930. The predicted octanol–water partition coefficient (Wildman–Crippen LogP) is 0.699. The zero-order valence-electron chi connectivity index (χ0n) is 7.70. The van der Waals surface area contributed by atoms with Crippen LogP contribution in [0.5, 0.6) is 0 Å². The molecule has 1 aromatic rings. The smallest absolute Gasteiger partial charge is 0.0582 e. The molecular formula is C10H14N2O. The van der Waals surface area contributed by atoms with Crippen LogP contribution >= 0.6 is 0 Å². The molecule has 0 radical (unpaired) electrons. The molecule has 0 atom stereocenters. The summed E-state index contributed by atoms with van der Waals surface area (Å²) in [5.74, 6) is 0. The molecule has 0 aromatic carbocycles. The van der Waals surface area contributed by atoms with Crippen molar-refractivity contribution in [3.63, 3.8) is 0 Å². The van der Waals surface area contributed by atoms with Gasteiger partial charge in [-0.1, -0.05) is 6.07 Å². The minimum atomic E-state index is -0.333. The van der Waals surface area contributed by atoms with E-state index in [9.17, 15) is 5.11 Å². The van der Waals surface area contributed by atoms with E-state index in [0.717, 1.165) is 11.3 Å². The molecule has 1 aliphatic rings. The van der Waals surface area contributed by atoms with Gasteiger partial charge >= 0.3 is 0 Å². The number of aliphatic hydroxyl groups is 1. The zero-order valence-corrected chi connectivity index (χ0v) is 7.70. The van der Waals surface area contributed by atoms with Crippen LogP contribution in [0.3, 0.4) is 0 Å². The first kappa shape index (κ1) is 8.66. The Bertz CT molecular complexity index is 301. The number of pyridine rings is 1. The summed E-state index contributed by atoms with van der Waals surface area (Å²) >= 11 is 0. The summed E-state index contributed by atoms with van der Waals surface area (Å²) in [6.45, 7) is 1.95. The molecule has 3 N–H and O–H groups in total. The van der Waals surface area contributed by atoms with Crippen LogP contribution in [0.25, 0.3) is 0 Å². The van der Waals surface area contributed by atoms with E-state index in [0.29, 0.717) is 12.8 Å². The summed E-state index contributed by atoms with van der Waals surface area (Å²) in [6, 6.07) is 3.95. The van der Waals surface area contributed by atoms with Crippen LogP contribution in [-0.4, -0.2) is 16.2 Å². The number of hydrogen-bond donors (Lipinski definition) is 2. The fraction of sp³-hybridized carbons (Fsp3) is 0.500. The molecule has 13 heavy (non-hydrogen) atoms. The lowest BCUT2D eigenvalue weighted by atomic mass is 9.71. The molecule has 1 saturated carbocycles. The molecule has 3 heteroatoms. The van der Waals surface area contributed by atoms with Crippen molar-refractivity contribution in [3.8, 4) is 0 Å². The Morgan fingerprint density at radius 2 is 2.23 bits per heavy atom. The second kappa shape index (κ2) is 2.79. The van der Waals surface area contributed by atoms with Gasteiger partial charge in [-0.3, -0.25) is 4.98 Å². The van der Waals surface area contributed by atoms with E-state index in [1.54, 1.807) is 6.20 Å². The van der Waals surface area contributed by atoms with Gasteiger partial charge in [0.25, 0.3) is 0 Å². The van der Waals surface area contributed by atoms with Gasteiger partial charge in [0, 0.05) is 17.4 Å². The second-order valence-electron chi connectivity index (χ2n) is 3.91. The van der Waals surface area contributed by atoms with Crippen molar-refractivity contribution in [2.45, 2.75) is 31.4 Å². The number of nitrogens with zero attached hydrogens (tertiary/aromatic N) is 1. The van der Waals surface area contributed by atoms with Gasteiger partial charge in [0.1, 0.15) is 0 Å². The number of aromatic nitrogens is 1. The molecule has 2 rings (SSSR count). The normalized spacial score (nSPS) is 32.7. The summed E-state index contributed by atoms with van der Waals surface area (Å²) in [6.07, 6.45) is 2.88. The third kappa shape index (κ3) is 1.45. The van der Waals surface area contributed by atoms with Gasteiger partial charge in [-0.2, -0.15) is 0 Å². The third-order valence-electron chi connectivity index (χ3n) is 2.69. The summed E-state index contributed by atoms with van der Waals surface area (Å²) in [4.78, 5) is 4.19. The summed E-state index contributed by atoms with van der Waals surface area (Å²) in [5.41, 5.74) is 7.76. The summed E-state index contributed by atoms with van der Waals surface area (Å²) < 4.78 is 0. The molecule has 1 fully saturated rings. The van der Waals surface area contributed by atoms with E-state index < -0.39 is 0 Å². The van der Waals surface area contributed by atoms with Crippen molar-refractivity contribution >= 4 is 0 Å². The molecule has 0 aliphatic heterocycles. The van der Waals surface area contributed by atoms with Gasteiger partial charge in [-0.15, -0.1) is 0 Å².